The molecule has 0 saturated heterocycles. The summed E-state index contributed by atoms with van der Waals surface area (Å²) in [5.41, 5.74) is 1.12. The molecule has 20 heavy (non-hydrogen) atoms. The van der Waals surface area contributed by atoms with Crippen molar-refractivity contribution in [1.29, 1.82) is 0 Å². The Labute approximate surface area is 116 Å². The Hall–Kier alpha value is -2.38. The van der Waals surface area contributed by atoms with Crippen LogP contribution in [0.5, 0.6) is 0 Å². The number of carbonyl (C=O) groups excluding carboxylic acids is 3. The number of esters is 1. The highest BCUT2D eigenvalue weighted by Crippen LogP contribution is 2.03. The Morgan fingerprint density at radius 3 is 2.60 bits per heavy atom. The average molecular weight is 282 g/mol. The van der Waals surface area contributed by atoms with Gasteiger partial charge in [-0.2, -0.15) is 5.10 Å². The van der Waals surface area contributed by atoms with Crippen molar-refractivity contribution in [3.8, 4) is 0 Å². The normalized spacial score (nSPS) is 9.95. The number of amides is 2. The molecule has 2 N–H and O–H groups in total. The van der Waals surface area contributed by atoms with Crippen LogP contribution in [-0.4, -0.2) is 47.8 Å². The van der Waals surface area contributed by atoms with Crippen molar-refractivity contribution in [3.63, 3.8) is 0 Å². The summed E-state index contributed by atoms with van der Waals surface area (Å²) in [6.45, 7) is 3.77. The van der Waals surface area contributed by atoms with Gasteiger partial charge in [-0.1, -0.05) is 0 Å². The van der Waals surface area contributed by atoms with Crippen LogP contribution < -0.4 is 10.6 Å². The molecule has 110 valence electrons. The fourth-order valence-electron chi connectivity index (χ4n) is 1.53. The monoisotopic (exact) mass is 282 g/mol. The van der Waals surface area contributed by atoms with Crippen LogP contribution >= 0.6 is 0 Å². The second-order valence-corrected chi connectivity index (χ2v) is 4.02. The van der Waals surface area contributed by atoms with Gasteiger partial charge in [-0.3, -0.25) is 19.1 Å². The van der Waals surface area contributed by atoms with Crippen molar-refractivity contribution in [2.45, 2.75) is 20.4 Å². The lowest BCUT2D eigenvalue weighted by Gasteiger charge is -2.07. The van der Waals surface area contributed by atoms with Gasteiger partial charge >= 0.3 is 5.97 Å². The van der Waals surface area contributed by atoms with Crippen molar-refractivity contribution < 1.29 is 19.1 Å². The lowest BCUT2D eigenvalue weighted by molar-refractivity contribution is -0.141. The number of aromatic nitrogens is 2. The number of hydrogen-bond donors (Lipinski definition) is 2. The van der Waals surface area contributed by atoms with Gasteiger partial charge in [-0.15, -0.1) is 0 Å². The predicted octanol–water partition coefficient (Wildman–Crippen LogP) is -0.770. The Balaban J connectivity index is 2.46. The van der Waals surface area contributed by atoms with E-state index in [1.54, 1.807) is 17.7 Å². The van der Waals surface area contributed by atoms with Crippen LogP contribution in [0.25, 0.3) is 0 Å². The number of rotatable bonds is 6. The molecule has 0 atom stereocenters. The van der Waals surface area contributed by atoms with Crippen molar-refractivity contribution in [3.05, 3.63) is 17.5 Å². The smallest absolute Gasteiger partial charge is 0.325 e. The molecule has 0 saturated carbocycles. The van der Waals surface area contributed by atoms with E-state index in [9.17, 15) is 14.4 Å². The Morgan fingerprint density at radius 1 is 1.30 bits per heavy atom. The van der Waals surface area contributed by atoms with E-state index in [1.807, 2.05) is 6.92 Å². The van der Waals surface area contributed by atoms with Gasteiger partial charge < -0.3 is 15.4 Å². The molecule has 1 aromatic heterocycles. The lowest BCUT2D eigenvalue weighted by atomic mass is 10.3. The van der Waals surface area contributed by atoms with E-state index in [0.29, 0.717) is 12.2 Å². The van der Waals surface area contributed by atoms with Crippen LogP contribution in [0.1, 0.15) is 23.1 Å². The highest BCUT2D eigenvalue weighted by atomic mass is 16.5. The maximum absolute atomic E-state index is 11.9. The van der Waals surface area contributed by atoms with Crippen LogP contribution in [0.15, 0.2) is 6.07 Å². The third-order valence-corrected chi connectivity index (χ3v) is 2.50. The third kappa shape index (κ3) is 4.38. The zero-order valence-corrected chi connectivity index (χ0v) is 11.7. The Morgan fingerprint density at radius 2 is 2.00 bits per heavy atom. The minimum atomic E-state index is -0.552. The molecule has 2 amide bonds. The Bertz CT molecular complexity index is 510. The summed E-state index contributed by atoms with van der Waals surface area (Å²) in [4.78, 5) is 34.1. The zero-order valence-electron chi connectivity index (χ0n) is 11.7. The second kappa shape index (κ2) is 7.27. The molecule has 0 radical (unpaired) electrons. The van der Waals surface area contributed by atoms with Gasteiger partial charge in [0, 0.05) is 6.54 Å². The standard InChI is InChI=1S/C12H18N4O4/c1-4-16-9(5-8(2)15-16)12(19)14-6-10(17)13-7-11(18)20-3/h5H,4,6-7H2,1-3H3,(H,13,17)(H,14,19). The minimum Gasteiger partial charge on any atom is -0.468 e. The highest BCUT2D eigenvalue weighted by Gasteiger charge is 2.14. The maximum Gasteiger partial charge on any atom is 0.325 e. The molecule has 1 aromatic rings. The summed E-state index contributed by atoms with van der Waals surface area (Å²) in [6.07, 6.45) is 0. The van der Waals surface area contributed by atoms with E-state index in [2.05, 4.69) is 20.5 Å². The van der Waals surface area contributed by atoms with Crippen molar-refractivity contribution >= 4 is 17.8 Å². The van der Waals surface area contributed by atoms with Crippen LogP contribution in [0, 0.1) is 6.92 Å². The van der Waals surface area contributed by atoms with Crippen molar-refractivity contribution in [2.24, 2.45) is 0 Å². The zero-order chi connectivity index (χ0) is 15.1. The lowest BCUT2D eigenvalue weighted by Crippen LogP contribution is -2.39. The fourth-order valence-corrected chi connectivity index (χ4v) is 1.53. The molecule has 0 aliphatic heterocycles. The molecule has 0 bridgehead atoms. The minimum absolute atomic E-state index is 0.218. The first-order valence-electron chi connectivity index (χ1n) is 6.14. The number of nitrogens with one attached hydrogen (secondary N) is 2. The van der Waals surface area contributed by atoms with Crippen LogP contribution in [0.2, 0.25) is 0 Å². The molecule has 0 unspecified atom stereocenters. The highest BCUT2D eigenvalue weighted by molar-refractivity contribution is 5.95. The fraction of sp³-hybridized carbons (Fsp3) is 0.500. The molecular weight excluding hydrogens is 264 g/mol. The molecule has 1 heterocycles. The number of methoxy groups -OCH3 is 1. The SMILES string of the molecule is CCn1nc(C)cc1C(=O)NCC(=O)NCC(=O)OC. The molecule has 8 nitrogen and oxygen atoms in total. The average Bonchev–Trinajstić information content (AvgIpc) is 2.83. The third-order valence-electron chi connectivity index (χ3n) is 2.50. The van der Waals surface area contributed by atoms with Gasteiger partial charge in [0.05, 0.1) is 19.3 Å². The molecule has 0 fully saturated rings. The summed E-state index contributed by atoms with van der Waals surface area (Å²) in [5, 5.41) is 8.93. The van der Waals surface area contributed by atoms with Gasteiger partial charge in [0.2, 0.25) is 5.91 Å². The van der Waals surface area contributed by atoms with E-state index in [0.717, 1.165) is 5.69 Å². The Kier molecular flexibility index (Phi) is 5.70. The summed E-state index contributed by atoms with van der Waals surface area (Å²) < 4.78 is 5.93. The predicted molar refractivity (Wildman–Crippen MR) is 70.0 cm³/mol. The van der Waals surface area contributed by atoms with Crippen LogP contribution in [0.3, 0.4) is 0 Å². The molecule has 1 rings (SSSR count). The van der Waals surface area contributed by atoms with E-state index in [4.69, 9.17) is 0 Å². The topological polar surface area (TPSA) is 102 Å². The van der Waals surface area contributed by atoms with Gasteiger partial charge in [0.1, 0.15) is 12.2 Å². The largest absolute Gasteiger partial charge is 0.468 e. The van der Waals surface area contributed by atoms with E-state index in [-0.39, 0.29) is 19.0 Å². The molecule has 8 heteroatoms. The van der Waals surface area contributed by atoms with Crippen molar-refractivity contribution in [2.75, 3.05) is 20.2 Å². The summed E-state index contributed by atoms with van der Waals surface area (Å²) in [6, 6.07) is 1.64. The van der Waals surface area contributed by atoms with Gasteiger partial charge in [-0.05, 0) is 19.9 Å². The molecule has 0 aromatic carbocycles. The van der Waals surface area contributed by atoms with E-state index in [1.165, 1.54) is 7.11 Å². The van der Waals surface area contributed by atoms with Crippen LogP contribution in [0.4, 0.5) is 0 Å². The second-order valence-electron chi connectivity index (χ2n) is 4.02. The number of carbonyl (C=O) groups is 3. The van der Waals surface area contributed by atoms with Gasteiger partial charge in [-0.25, -0.2) is 0 Å². The van der Waals surface area contributed by atoms with E-state index < -0.39 is 11.9 Å². The number of ether oxygens (including phenoxy) is 1. The summed E-state index contributed by atoms with van der Waals surface area (Å²) in [5.74, 6) is -1.41. The molecule has 0 aliphatic rings. The quantitative estimate of drug-likeness (QED) is 0.667. The number of nitrogens with zero attached hydrogens (tertiary/aromatic N) is 2. The molecule has 0 spiro atoms. The van der Waals surface area contributed by atoms with Gasteiger partial charge in [0.25, 0.3) is 5.91 Å². The van der Waals surface area contributed by atoms with E-state index >= 15 is 0 Å². The first kappa shape index (κ1) is 15.7. The van der Waals surface area contributed by atoms with Gasteiger partial charge in [0.15, 0.2) is 0 Å². The first-order valence-corrected chi connectivity index (χ1v) is 6.14. The first-order chi connectivity index (χ1) is 9.47. The molecule has 0 aliphatic carbocycles. The summed E-state index contributed by atoms with van der Waals surface area (Å²) in [7, 11) is 1.23. The summed E-state index contributed by atoms with van der Waals surface area (Å²) >= 11 is 0. The maximum atomic E-state index is 11.9. The van der Waals surface area contributed by atoms with Crippen molar-refractivity contribution in [1.82, 2.24) is 20.4 Å². The number of aryl methyl sites for hydroxylation is 2. The van der Waals surface area contributed by atoms with Crippen LogP contribution in [-0.2, 0) is 20.9 Å². The molecular formula is C12H18N4O4. The number of hydrogen-bond acceptors (Lipinski definition) is 5.